The molecule has 29 heavy (non-hydrogen) atoms. The number of carboxylic acid groups (broad SMARTS) is 1. The first kappa shape index (κ1) is 21.0. The highest BCUT2D eigenvalue weighted by Gasteiger charge is 2.36. The molecule has 0 spiro atoms. The number of halogens is 3. The van der Waals surface area contributed by atoms with Crippen LogP contribution in [-0.2, 0) is 16.2 Å². The Kier molecular flexibility index (Phi) is 5.74. The SMILES string of the molecule is O=C(O)N1CCC(N(c2ccccc2)S(=O)(=O)c2ccc(C(F)(F)F)cc2)CC1. The number of sulfonamides is 1. The number of anilines is 1. The van der Waals surface area contributed by atoms with Crippen LogP contribution in [0.5, 0.6) is 0 Å². The van der Waals surface area contributed by atoms with Gasteiger partial charge in [0.1, 0.15) is 0 Å². The number of para-hydroxylation sites is 1. The van der Waals surface area contributed by atoms with Gasteiger partial charge in [-0.25, -0.2) is 13.2 Å². The lowest BCUT2D eigenvalue weighted by atomic mass is 10.0. The van der Waals surface area contributed by atoms with Crippen molar-refractivity contribution < 1.29 is 31.5 Å². The van der Waals surface area contributed by atoms with Crippen LogP contribution in [0.15, 0.2) is 59.5 Å². The van der Waals surface area contributed by atoms with Gasteiger partial charge in [0, 0.05) is 19.1 Å². The third-order valence-electron chi connectivity index (χ3n) is 4.82. The van der Waals surface area contributed by atoms with Crippen molar-refractivity contribution in [3.8, 4) is 0 Å². The van der Waals surface area contributed by atoms with E-state index >= 15 is 0 Å². The number of nitrogens with zero attached hydrogens (tertiary/aromatic N) is 2. The lowest BCUT2D eigenvalue weighted by Crippen LogP contribution is -2.48. The molecular formula is C19H19F3N2O4S. The molecule has 156 valence electrons. The predicted octanol–water partition coefficient (Wildman–Crippen LogP) is 4.04. The van der Waals surface area contributed by atoms with E-state index in [4.69, 9.17) is 5.11 Å². The summed E-state index contributed by atoms with van der Waals surface area (Å²) in [5, 5.41) is 9.11. The van der Waals surface area contributed by atoms with Gasteiger partial charge < -0.3 is 10.0 Å². The summed E-state index contributed by atoms with van der Waals surface area (Å²) in [6, 6.07) is 11.1. The van der Waals surface area contributed by atoms with E-state index in [9.17, 15) is 26.4 Å². The maximum absolute atomic E-state index is 13.3. The molecular weight excluding hydrogens is 409 g/mol. The molecule has 1 fully saturated rings. The van der Waals surface area contributed by atoms with Crippen LogP contribution in [0.25, 0.3) is 0 Å². The maximum atomic E-state index is 13.3. The van der Waals surface area contributed by atoms with Crippen LogP contribution in [0.4, 0.5) is 23.7 Å². The van der Waals surface area contributed by atoms with E-state index in [0.29, 0.717) is 5.69 Å². The number of piperidine rings is 1. The van der Waals surface area contributed by atoms with E-state index in [1.165, 1.54) is 9.21 Å². The van der Waals surface area contributed by atoms with Crippen molar-refractivity contribution in [1.29, 1.82) is 0 Å². The van der Waals surface area contributed by atoms with E-state index in [-0.39, 0.29) is 30.8 Å². The Labute approximate surface area is 166 Å². The van der Waals surface area contributed by atoms with Crippen LogP contribution in [0.2, 0.25) is 0 Å². The van der Waals surface area contributed by atoms with Gasteiger partial charge in [0.15, 0.2) is 0 Å². The molecule has 0 bridgehead atoms. The highest BCUT2D eigenvalue weighted by molar-refractivity contribution is 7.92. The second-order valence-electron chi connectivity index (χ2n) is 6.66. The minimum Gasteiger partial charge on any atom is -0.465 e. The second-order valence-corrected chi connectivity index (χ2v) is 8.47. The molecule has 1 N–H and O–H groups in total. The van der Waals surface area contributed by atoms with E-state index < -0.39 is 33.9 Å². The molecule has 0 aromatic heterocycles. The summed E-state index contributed by atoms with van der Waals surface area (Å²) in [7, 11) is -4.15. The summed E-state index contributed by atoms with van der Waals surface area (Å²) in [6.45, 7) is 0.345. The summed E-state index contributed by atoms with van der Waals surface area (Å²) < 4.78 is 66.3. The van der Waals surface area contributed by atoms with Crippen LogP contribution in [-0.4, -0.2) is 43.6 Å². The lowest BCUT2D eigenvalue weighted by molar-refractivity contribution is -0.137. The van der Waals surface area contributed by atoms with Crippen molar-refractivity contribution >= 4 is 21.8 Å². The third kappa shape index (κ3) is 4.47. The van der Waals surface area contributed by atoms with Crippen LogP contribution in [0.3, 0.4) is 0 Å². The van der Waals surface area contributed by atoms with Gasteiger partial charge in [0.05, 0.1) is 16.1 Å². The van der Waals surface area contributed by atoms with Crippen molar-refractivity contribution in [1.82, 2.24) is 4.90 Å². The molecule has 1 aliphatic heterocycles. The molecule has 2 aromatic carbocycles. The molecule has 3 rings (SSSR count). The topological polar surface area (TPSA) is 77.9 Å². The average Bonchev–Trinajstić information content (AvgIpc) is 2.68. The fraction of sp³-hybridized carbons (Fsp3) is 0.316. The number of hydrogen-bond acceptors (Lipinski definition) is 3. The van der Waals surface area contributed by atoms with Gasteiger partial charge in [-0.05, 0) is 49.2 Å². The zero-order chi connectivity index (χ0) is 21.2. The van der Waals surface area contributed by atoms with Crippen molar-refractivity contribution in [2.24, 2.45) is 0 Å². The largest absolute Gasteiger partial charge is 0.465 e. The molecule has 1 saturated heterocycles. The lowest BCUT2D eigenvalue weighted by Gasteiger charge is -2.38. The van der Waals surface area contributed by atoms with Crippen molar-refractivity contribution in [2.45, 2.75) is 30.0 Å². The van der Waals surface area contributed by atoms with E-state index in [1.807, 2.05) is 0 Å². The molecule has 0 atom stereocenters. The second kappa shape index (κ2) is 7.94. The van der Waals surface area contributed by atoms with Gasteiger partial charge in [-0.2, -0.15) is 13.2 Å². The Morgan fingerprint density at radius 1 is 1.00 bits per heavy atom. The first-order valence-electron chi connectivity index (χ1n) is 8.85. The monoisotopic (exact) mass is 428 g/mol. The molecule has 0 radical (unpaired) electrons. The molecule has 1 amide bonds. The molecule has 1 aliphatic rings. The smallest absolute Gasteiger partial charge is 0.416 e. The van der Waals surface area contributed by atoms with Gasteiger partial charge in [-0.1, -0.05) is 18.2 Å². The Hall–Kier alpha value is -2.75. The molecule has 0 aliphatic carbocycles. The van der Waals surface area contributed by atoms with Crippen LogP contribution >= 0.6 is 0 Å². The summed E-state index contributed by atoms with van der Waals surface area (Å²) in [5.41, 5.74) is -0.557. The number of rotatable bonds is 4. The number of likely N-dealkylation sites (tertiary alicyclic amines) is 1. The minimum atomic E-state index is -4.56. The number of amides is 1. The van der Waals surface area contributed by atoms with Crippen LogP contribution in [0, 0.1) is 0 Å². The van der Waals surface area contributed by atoms with E-state index in [0.717, 1.165) is 24.3 Å². The maximum Gasteiger partial charge on any atom is 0.416 e. The zero-order valence-corrected chi connectivity index (χ0v) is 16.0. The number of alkyl halides is 3. The van der Waals surface area contributed by atoms with E-state index in [1.54, 1.807) is 30.3 Å². The zero-order valence-electron chi connectivity index (χ0n) is 15.2. The van der Waals surface area contributed by atoms with Crippen molar-refractivity contribution in [2.75, 3.05) is 17.4 Å². The fourth-order valence-electron chi connectivity index (χ4n) is 3.34. The summed E-state index contributed by atoms with van der Waals surface area (Å²) >= 11 is 0. The fourth-order valence-corrected chi connectivity index (χ4v) is 5.05. The van der Waals surface area contributed by atoms with Crippen LogP contribution < -0.4 is 4.31 Å². The van der Waals surface area contributed by atoms with Gasteiger partial charge in [-0.3, -0.25) is 4.31 Å². The molecule has 2 aromatic rings. The van der Waals surface area contributed by atoms with E-state index in [2.05, 4.69) is 0 Å². The van der Waals surface area contributed by atoms with Gasteiger partial charge in [-0.15, -0.1) is 0 Å². The summed E-state index contributed by atoms with van der Waals surface area (Å²) in [6.07, 6.45) is -5.08. The van der Waals surface area contributed by atoms with Gasteiger partial charge >= 0.3 is 12.3 Å². The highest BCUT2D eigenvalue weighted by atomic mass is 32.2. The summed E-state index contributed by atoms with van der Waals surface area (Å²) in [5.74, 6) is 0. The average molecular weight is 428 g/mol. The minimum absolute atomic E-state index is 0.172. The molecule has 0 saturated carbocycles. The molecule has 0 unspecified atom stereocenters. The predicted molar refractivity (Wildman–Crippen MR) is 100 cm³/mol. The summed E-state index contributed by atoms with van der Waals surface area (Å²) in [4.78, 5) is 12.1. The first-order chi connectivity index (χ1) is 13.6. The Balaban J connectivity index is 1.97. The third-order valence-corrected chi connectivity index (χ3v) is 6.71. The quantitative estimate of drug-likeness (QED) is 0.797. The Morgan fingerprint density at radius 3 is 2.03 bits per heavy atom. The van der Waals surface area contributed by atoms with Gasteiger partial charge in [0.2, 0.25) is 0 Å². The molecule has 10 heteroatoms. The van der Waals surface area contributed by atoms with Crippen molar-refractivity contribution in [3.63, 3.8) is 0 Å². The van der Waals surface area contributed by atoms with Gasteiger partial charge in [0.25, 0.3) is 10.0 Å². The number of hydrogen-bond donors (Lipinski definition) is 1. The Morgan fingerprint density at radius 2 is 1.55 bits per heavy atom. The standard InChI is InChI=1S/C19H19F3N2O4S/c20-19(21,22)14-6-8-17(9-7-14)29(27,28)24(15-4-2-1-3-5-15)16-10-12-23(13-11-16)18(25)26/h1-9,16H,10-13H2,(H,25,26). The number of benzene rings is 2. The molecule has 6 nitrogen and oxygen atoms in total. The highest BCUT2D eigenvalue weighted by Crippen LogP contribution is 2.33. The van der Waals surface area contributed by atoms with Crippen LogP contribution in [0.1, 0.15) is 18.4 Å². The normalized spacial score (nSPS) is 15.9. The van der Waals surface area contributed by atoms with Crippen molar-refractivity contribution in [3.05, 3.63) is 60.2 Å². The Bertz CT molecular complexity index is 955. The molecule has 1 heterocycles. The number of carbonyl (C=O) groups is 1. The first-order valence-corrected chi connectivity index (χ1v) is 10.3.